The number of hydrogen-bond acceptors (Lipinski definition) is 3. The Morgan fingerprint density at radius 2 is 2.20 bits per heavy atom. The molecule has 1 aromatic heterocycles. The van der Waals surface area contributed by atoms with Gasteiger partial charge in [0, 0.05) is 25.6 Å². The molecule has 0 aliphatic rings. The first-order valence-electron chi connectivity index (χ1n) is 6.85. The molecule has 1 heterocycles. The van der Waals surface area contributed by atoms with Gasteiger partial charge in [-0.15, -0.1) is 0 Å². The van der Waals surface area contributed by atoms with Crippen molar-refractivity contribution in [2.24, 2.45) is 0 Å². The van der Waals surface area contributed by atoms with Crippen molar-refractivity contribution in [2.45, 2.75) is 26.3 Å². The Bertz CT molecular complexity index is 592. The van der Waals surface area contributed by atoms with Crippen LogP contribution in [0.25, 0.3) is 10.9 Å². The van der Waals surface area contributed by atoms with Crippen molar-refractivity contribution in [3.8, 4) is 0 Å². The van der Waals surface area contributed by atoms with Crippen molar-refractivity contribution in [1.29, 1.82) is 0 Å². The van der Waals surface area contributed by atoms with Gasteiger partial charge in [0.2, 0.25) is 5.91 Å². The standard InChI is InChI=1S/C15H21N3O2/c1-11-13-7-4-5-8-14(13)18(17-11)12(2)15(19)16-9-6-10-20-3/h4-5,7-8,12H,6,9-10H2,1-3H3,(H,16,19)/t12-/m1/s1. The summed E-state index contributed by atoms with van der Waals surface area (Å²) in [6.07, 6.45) is 0.813. The number of carbonyl (C=O) groups excluding carboxylic acids is 1. The summed E-state index contributed by atoms with van der Waals surface area (Å²) >= 11 is 0. The van der Waals surface area contributed by atoms with Gasteiger partial charge < -0.3 is 10.1 Å². The first-order valence-corrected chi connectivity index (χ1v) is 6.85. The van der Waals surface area contributed by atoms with Gasteiger partial charge in [-0.1, -0.05) is 18.2 Å². The van der Waals surface area contributed by atoms with Crippen molar-refractivity contribution in [3.05, 3.63) is 30.0 Å². The first kappa shape index (κ1) is 14.5. The van der Waals surface area contributed by atoms with Crippen LogP contribution < -0.4 is 5.32 Å². The van der Waals surface area contributed by atoms with Crippen LogP contribution in [0.5, 0.6) is 0 Å². The maximum atomic E-state index is 12.1. The zero-order chi connectivity index (χ0) is 14.5. The van der Waals surface area contributed by atoms with Crippen molar-refractivity contribution in [1.82, 2.24) is 15.1 Å². The Morgan fingerprint density at radius 3 is 2.95 bits per heavy atom. The lowest BCUT2D eigenvalue weighted by molar-refractivity contribution is -0.124. The molecule has 1 amide bonds. The predicted molar refractivity (Wildman–Crippen MR) is 78.7 cm³/mol. The largest absolute Gasteiger partial charge is 0.385 e. The maximum absolute atomic E-state index is 12.1. The molecule has 108 valence electrons. The van der Waals surface area contributed by atoms with Gasteiger partial charge in [-0.2, -0.15) is 5.10 Å². The Hall–Kier alpha value is -1.88. The molecule has 0 radical (unpaired) electrons. The van der Waals surface area contributed by atoms with E-state index < -0.39 is 0 Å². The van der Waals surface area contributed by atoms with Crippen LogP contribution in [0.2, 0.25) is 0 Å². The molecular weight excluding hydrogens is 254 g/mol. The Kier molecular flexibility index (Phi) is 4.74. The zero-order valence-electron chi connectivity index (χ0n) is 12.2. The van der Waals surface area contributed by atoms with Gasteiger partial charge in [0.15, 0.2) is 0 Å². The lowest BCUT2D eigenvalue weighted by Gasteiger charge is -2.13. The van der Waals surface area contributed by atoms with Gasteiger partial charge in [-0.3, -0.25) is 9.48 Å². The summed E-state index contributed by atoms with van der Waals surface area (Å²) in [4.78, 5) is 12.1. The second kappa shape index (κ2) is 6.52. The van der Waals surface area contributed by atoms with Crippen molar-refractivity contribution in [2.75, 3.05) is 20.3 Å². The van der Waals surface area contributed by atoms with Crippen LogP contribution in [0.4, 0.5) is 0 Å². The molecule has 1 N–H and O–H groups in total. The third-order valence-electron chi connectivity index (χ3n) is 3.37. The van der Waals surface area contributed by atoms with E-state index in [-0.39, 0.29) is 11.9 Å². The predicted octanol–water partition coefficient (Wildman–Crippen LogP) is 2.06. The number of para-hydroxylation sites is 1. The quantitative estimate of drug-likeness (QED) is 0.821. The number of ether oxygens (including phenoxy) is 1. The van der Waals surface area contributed by atoms with Crippen LogP contribution in [0.1, 0.15) is 25.1 Å². The fourth-order valence-electron chi connectivity index (χ4n) is 2.23. The number of hydrogen-bond donors (Lipinski definition) is 1. The zero-order valence-corrected chi connectivity index (χ0v) is 12.2. The highest BCUT2D eigenvalue weighted by Crippen LogP contribution is 2.21. The van der Waals surface area contributed by atoms with E-state index >= 15 is 0 Å². The third-order valence-corrected chi connectivity index (χ3v) is 3.37. The molecule has 5 nitrogen and oxygen atoms in total. The summed E-state index contributed by atoms with van der Waals surface area (Å²) in [6.45, 7) is 5.10. The molecule has 2 rings (SSSR count). The minimum absolute atomic E-state index is 0.0191. The first-order chi connectivity index (χ1) is 9.65. The van der Waals surface area contributed by atoms with E-state index in [0.29, 0.717) is 13.2 Å². The van der Waals surface area contributed by atoms with Gasteiger partial charge in [-0.05, 0) is 26.3 Å². The number of aromatic nitrogens is 2. The van der Waals surface area contributed by atoms with E-state index in [4.69, 9.17) is 4.74 Å². The molecule has 0 aliphatic carbocycles. The molecule has 1 atom stereocenters. The molecule has 1 aromatic carbocycles. The summed E-state index contributed by atoms with van der Waals surface area (Å²) in [7, 11) is 1.66. The van der Waals surface area contributed by atoms with Crippen LogP contribution in [0.3, 0.4) is 0 Å². The van der Waals surface area contributed by atoms with E-state index in [2.05, 4.69) is 10.4 Å². The second-order valence-electron chi connectivity index (χ2n) is 4.86. The molecule has 0 fully saturated rings. The number of methoxy groups -OCH3 is 1. The number of carbonyl (C=O) groups is 1. The van der Waals surface area contributed by atoms with Gasteiger partial charge in [-0.25, -0.2) is 0 Å². The lowest BCUT2D eigenvalue weighted by Crippen LogP contribution is -2.32. The SMILES string of the molecule is COCCCNC(=O)[C@@H](C)n1nc(C)c2ccccc21. The van der Waals surface area contributed by atoms with E-state index in [1.54, 1.807) is 11.8 Å². The Labute approximate surface area is 118 Å². The maximum Gasteiger partial charge on any atom is 0.244 e. The molecule has 2 aromatic rings. The minimum Gasteiger partial charge on any atom is -0.385 e. The van der Waals surface area contributed by atoms with Crippen LogP contribution >= 0.6 is 0 Å². The van der Waals surface area contributed by atoms with Gasteiger partial charge >= 0.3 is 0 Å². The van der Waals surface area contributed by atoms with Gasteiger partial charge in [0.05, 0.1) is 11.2 Å². The average molecular weight is 275 g/mol. The summed E-state index contributed by atoms with van der Waals surface area (Å²) in [5.74, 6) is -0.0191. The minimum atomic E-state index is -0.323. The molecule has 0 spiro atoms. The van der Waals surface area contributed by atoms with Gasteiger partial charge in [0.1, 0.15) is 6.04 Å². The second-order valence-corrected chi connectivity index (χ2v) is 4.86. The van der Waals surface area contributed by atoms with E-state index in [1.807, 2.05) is 38.1 Å². The summed E-state index contributed by atoms with van der Waals surface area (Å²) in [5.41, 5.74) is 1.93. The van der Waals surface area contributed by atoms with E-state index in [0.717, 1.165) is 23.0 Å². The fourth-order valence-corrected chi connectivity index (χ4v) is 2.23. The Morgan fingerprint density at radius 1 is 1.45 bits per heavy atom. The molecular formula is C15H21N3O2. The summed E-state index contributed by atoms with van der Waals surface area (Å²) < 4.78 is 6.75. The summed E-state index contributed by atoms with van der Waals surface area (Å²) in [6, 6.07) is 7.64. The van der Waals surface area contributed by atoms with E-state index in [1.165, 1.54) is 0 Å². The molecule has 0 unspecified atom stereocenters. The van der Waals surface area contributed by atoms with Gasteiger partial charge in [0.25, 0.3) is 0 Å². The third kappa shape index (κ3) is 2.99. The van der Waals surface area contributed by atoms with Crippen LogP contribution in [-0.4, -0.2) is 35.9 Å². The van der Waals surface area contributed by atoms with Crippen molar-refractivity contribution >= 4 is 16.8 Å². The topological polar surface area (TPSA) is 56.1 Å². The molecule has 0 saturated heterocycles. The number of nitrogens with zero attached hydrogens (tertiary/aromatic N) is 2. The lowest BCUT2D eigenvalue weighted by atomic mass is 10.2. The van der Waals surface area contributed by atoms with E-state index in [9.17, 15) is 4.79 Å². The van der Waals surface area contributed by atoms with Crippen LogP contribution in [-0.2, 0) is 9.53 Å². The molecule has 0 aliphatic heterocycles. The average Bonchev–Trinajstić information content (AvgIpc) is 2.80. The molecule has 0 bridgehead atoms. The van der Waals surface area contributed by atoms with Crippen LogP contribution in [0, 0.1) is 6.92 Å². The highest BCUT2D eigenvalue weighted by atomic mass is 16.5. The molecule has 5 heteroatoms. The number of amides is 1. The number of rotatable bonds is 6. The highest BCUT2D eigenvalue weighted by molar-refractivity contribution is 5.86. The Balaban J connectivity index is 2.11. The monoisotopic (exact) mass is 275 g/mol. The number of nitrogens with one attached hydrogen (secondary N) is 1. The molecule has 0 saturated carbocycles. The highest BCUT2D eigenvalue weighted by Gasteiger charge is 2.18. The van der Waals surface area contributed by atoms with Crippen molar-refractivity contribution < 1.29 is 9.53 Å². The number of fused-ring (bicyclic) bond motifs is 1. The van der Waals surface area contributed by atoms with Crippen molar-refractivity contribution in [3.63, 3.8) is 0 Å². The van der Waals surface area contributed by atoms with Crippen LogP contribution in [0.15, 0.2) is 24.3 Å². The fraction of sp³-hybridized carbons (Fsp3) is 0.467. The number of aryl methyl sites for hydroxylation is 1. The number of benzene rings is 1. The normalized spacial score (nSPS) is 12.6. The molecule has 20 heavy (non-hydrogen) atoms. The summed E-state index contributed by atoms with van der Waals surface area (Å²) in [5, 5.41) is 8.49. The smallest absolute Gasteiger partial charge is 0.244 e.